The summed E-state index contributed by atoms with van der Waals surface area (Å²) >= 11 is 0. The molecule has 0 atom stereocenters. The molecule has 3 aromatic rings. The minimum Gasteiger partial charge on any atom is -0.378 e. The maximum atomic E-state index is 12.3. The molecule has 1 aromatic heterocycles. The second kappa shape index (κ2) is 9.44. The Hall–Kier alpha value is -3.65. The minimum absolute atomic E-state index is 0.283. The topological polar surface area (TPSA) is 91.4 Å². The number of hydrogen-bond donors (Lipinski definition) is 3. The number of hydrogen-bond acceptors (Lipinski definition) is 6. The van der Waals surface area contributed by atoms with Gasteiger partial charge in [-0.05, 0) is 61.4 Å². The summed E-state index contributed by atoms with van der Waals surface area (Å²) in [5.41, 5.74) is 5.54. The first-order chi connectivity index (χ1) is 15.0. The van der Waals surface area contributed by atoms with Crippen molar-refractivity contribution in [2.75, 3.05) is 47.2 Å². The van der Waals surface area contributed by atoms with Crippen LogP contribution in [0.3, 0.4) is 0 Å². The van der Waals surface area contributed by atoms with Gasteiger partial charge in [-0.2, -0.15) is 5.10 Å². The van der Waals surface area contributed by atoms with Crippen molar-refractivity contribution in [2.24, 2.45) is 0 Å². The number of urea groups is 1. The van der Waals surface area contributed by atoms with Gasteiger partial charge in [-0.1, -0.05) is 6.07 Å². The SMILES string of the molecule is Cc1cc(C)cc(NC(=O)Nc2ccc(Nc3cc(N4CCOCC4)cnn3)cc2)c1. The summed E-state index contributed by atoms with van der Waals surface area (Å²) in [7, 11) is 0. The highest BCUT2D eigenvalue weighted by Gasteiger charge is 2.12. The van der Waals surface area contributed by atoms with E-state index in [1.54, 1.807) is 6.20 Å². The molecule has 8 nitrogen and oxygen atoms in total. The highest BCUT2D eigenvalue weighted by atomic mass is 16.5. The van der Waals surface area contributed by atoms with Gasteiger partial charge in [-0.3, -0.25) is 0 Å². The predicted octanol–water partition coefficient (Wildman–Crippen LogP) is 4.32. The van der Waals surface area contributed by atoms with E-state index in [9.17, 15) is 4.79 Å². The number of anilines is 5. The Kier molecular flexibility index (Phi) is 6.28. The molecular formula is C23H26N6O2. The fourth-order valence-corrected chi connectivity index (χ4v) is 3.54. The van der Waals surface area contributed by atoms with Gasteiger partial charge in [0.25, 0.3) is 0 Å². The average Bonchev–Trinajstić information content (AvgIpc) is 2.75. The van der Waals surface area contributed by atoms with Crippen molar-refractivity contribution in [2.45, 2.75) is 13.8 Å². The van der Waals surface area contributed by atoms with Gasteiger partial charge in [0, 0.05) is 36.2 Å². The molecule has 0 bridgehead atoms. The molecule has 1 aliphatic heterocycles. The molecule has 2 aromatic carbocycles. The van der Waals surface area contributed by atoms with Crippen molar-refractivity contribution < 1.29 is 9.53 Å². The van der Waals surface area contributed by atoms with Crippen molar-refractivity contribution in [3.8, 4) is 0 Å². The lowest BCUT2D eigenvalue weighted by Crippen LogP contribution is -2.36. The zero-order valence-corrected chi connectivity index (χ0v) is 17.7. The van der Waals surface area contributed by atoms with Crippen LogP contribution in [0.2, 0.25) is 0 Å². The lowest BCUT2D eigenvalue weighted by molar-refractivity contribution is 0.122. The van der Waals surface area contributed by atoms with Gasteiger partial charge in [0.1, 0.15) is 0 Å². The number of aromatic nitrogens is 2. The Balaban J connectivity index is 1.35. The molecule has 2 heterocycles. The van der Waals surface area contributed by atoms with Gasteiger partial charge >= 0.3 is 6.03 Å². The number of nitrogens with one attached hydrogen (secondary N) is 3. The highest BCUT2D eigenvalue weighted by molar-refractivity contribution is 5.99. The van der Waals surface area contributed by atoms with Gasteiger partial charge in [0.15, 0.2) is 5.82 Å². The summed E-state index contributed by atoms with van der Waals surface area (Å²) in [5, 5.41) is 17.2. The molecule has 4 rings (SSSR count). The van der Waals surface area contributed by atoms with E-state index in [2.05, 4.69) is 37.1 Å². The quantitative estimate of drug-likeness (QED) is 0.572. The van der Waals surface area contributed by atoms with E-state index >= 15 is 0 Å². The number of aryl methyl sites for hydroxylation is 2. The molecule has 0 spiro atoms. The fraction of sp³-hybridized carbons (Fsp3) is 0.261. The largest absolute Gasteiger partial charge is 0.378 e. The number of benzene rings is 2. The first kappa shape index (κ1) is 20.6. The summed E-state index contributed by atoms with van der Waals surface area (Å²) < 4.78 is 5.40. The van der Waals surface area contributed by atoms with Crippen molar-refractivity contribution in [3.63, 3.8) is 0 Å². The fourth-order valence-electron chi connectivity index (χ4n) is 3.54. The molecule has 1 saturated heterocycles. The maximum absolute atomic E-state index is 12.3. The molecule has 2 amide bonds. The van der Waals surface area contributed by atoms with Crippen LogP contribution in [0.4, 0.5) is 33.4 Å². The molecule has 0 radical (unpaired) electrons. The second-order valence-electron chi connectivity index (χ2n) is 7.56. The summed E-state index contributed by atoms with van der Waals surface area (Å²) in [5.74, 6) is 0.664. The molecule has 8 heteroatoms. The van der Waals surface area contributed by atoms with Crippen LogP contribution < -0.4 is 20.9 Å². The molecule has 1 aliphatic rings. The number of ether oxygens (including phenoxy) is 1. The summed E-state index contributed by atoms with van der Waals surface area (Å²) in [6.07, 6.45) is 1.76. The van der Waals surface area contributed by atoms with E-state index < -0.39 is 0 Å². The first-order valence-corrected chi connectivity index (χ1v) is 10.2. The normalized spacial score (nSPS) is 13.5. The lowest BCUT2D eigenvalue weighted by Gasteiger charge is -2.28. The van der Waals surface area contributed by atoms with E-state index in [0.717, 1.165) is 54.5 Å². The van der Waals surface area contributed by atoms with E-state index in [1.807, 2.05) is 56.3 Å². The van der Waals surface area contributed by atoms with E-state index in [0.29, 0.717) is 11.5 Å². The molecule has 31 heavy (non-hydrogen) atoms. The summed E-state index contributed by atoms with van der Waals surface area (Å²) in [4.78, 5) is 14.5. The van der Waals surface area contributed by atoms with E-state index in [-0.39, 0.29) is 6.03 Å². The number of carbonyl (C=O) groups is 1. The Bertz CT molecular complexity index is 1030. The number of carbonyl (C=O) groups excluding carboxylic acids is 1. The Morgan fingerprint density at radius 2 is 1.55 bits per heavy atom. The zero-order chi connectivity index (χ0) is 21.6. The molecule has 160 valence electrons. The number of nitrogens with zero attached hydrogens (tertiary/aromatic N) is 3. The molecule has 0 aliphatic carbocycles. The Morgan fingerprint density at radius 3 is 2.26 bits per heavy atom. The Labute approximate surface area is 181 Å². The highest BCUT2D eigenvalue weighted by Crippen LogP contribution is 2.22. The molecule has 0 unspecified atom stereocenters. The standard InChI is InChI=1S/C23H26N6O2/c1-16-11-17(2)13-20(12-16)27-23(30)26-19-5-3-18(4-6-19)25-22-14-21(15-24-28-22)29-7-9-31-10-8-29/h3-6,11-15H,7-10H2,1-2H3,(H,25,28)(H2,26,27,30). The second-order valence-corrected chi connectivity index (χ2v) is 7.56. The number of morpholine rings is 1. The van der Waals surface area contributed by atoms with Gasteiger partial charge in [-0.25, -0.2) is 4.79 Å². The number of amides is 2. The van der Waals surface area contributed by atoms with E-state index in [4.69, 9.17) is 4.74 Å². The average molecular weight is 419 g/mol. The van der Waals surface area contributed by atoms with Gasteiger partial charge in [-0.15, -0.1) is 5.10 Å². The van der Waals surface area contributed by atoms with Crippen molar-refractivity contribution in [1.29, 1.82) is 0 Å². The van der Waals surface area contributed by atoms with Crippen molar-refractivity contribution in [1.82, 2.24) is 10.2 Å². The molecule has 1 fully saturated rings. The van der Waals surface area contributed by atoms with Crippen LogP contribution in [0.15, 0.2) is 54.7 Å². The van der Waals surface area contributed by atoms with Crippen molar-refractivity contribution >= 4 is 34.6 Å². The smallest absolute Gasteiger partial charge is 0.323 e. The first-order valence-electron chi connectivity index (χ1n) is 10.2. The molecule has 3 N–H and O–H groups in total. The third-order valence-corrected chi connectivity index (χ3v) is 4.91. The third kappa shape index (κ3) is 5.70. The van der Waals surface area contributed by atoms with Gasteiger partial charge in [0.05, 0.1) is 25.1 Å². The maximum Gasteiger partial charge on any atom is 0.323 e. The Morgan fingerprint density at radius 1 is 0.903 bits per heavy atom. The van der Waals surface area contributed by atoms with Crippen LogP contribution >= 0.6 is 0 Å². The zero-order valence-electron chi connectivity index (χ0n) is 17.7. The lowest BCUT2D eigenvalue weighted by atomic mass is 10.1. The van der Waals surface area contributed by atoms with Crippen LogP contribution in [0.25, 0.3) is 0 Å². The van der Waals surface area contributed by atoms with Crippen LogP contribution in [-0.2, 0) is 4.74 Å². The minimum atomic E-state index is -0.283. The third-order valence-electron chi connectivity index (χ3n) is 4.91. The van der Waals surface area contributed by atoms with Crippen LogP contribution in [0, 0.1) is 13.8 Å². The predicted molar refractivity (Wildman–Crippen MR) is 123 cm³/mol. The molecular weight excluding hydrogens is 392 g/mol. The number of rotatable bonds is 5. The van der Waals surface area contributed by atoms with Crippen LogP contribution in [0.5, 0.6) is 0 Å². The van der Waals surface area contributed by atoms with Crippen LogP contribution in [0.1, 0.15) is 11.1 Å². The van der Waals surface area contributed by atoms with Gasteiger partial charge in [0.2, 0.25) is 0 Å². The summed E-state index contributed by atoms with van der Waals surface area (Å²) in [6, 6.07) is 15.1. The van der Waals surface area contributed by atoms with Crippen LogP contribution in [-0.4, -0.2) is 42.5 Å². The van der Waals surface area contributed by atoms with Crippen molar-refractivity contribution in [3.05, 3.63) is 65.9 Å². The summed E-state index contributed by atoms with van der Waals surface area (Å²) in [6.45, 7) is 7.13. The monoisotopic (exact) mass is 418 g/mol. The van der Waals surface area contributed by atoms with Gasteiger partial charge < -0.3 is 25.6 Å². The van der Waals surface area contributed by atoms with E-state index in [1.165, 1.54) is 0 Å². The molecule has 0 saturated carbocycles.